The summed E-state index contributed by atoms with van der Waals surface area (Å²) in [5, 5.41) is 10.3. The maximum atomic E-state index is 2.44. The molecule has 0 saturated carbocycles. The van der Waals surface area contributed by atoms with Gasteiger partial charge < -0.3 is 4.90 Å². The van der Waals surface area contributed by atoms with Crippen molar-refractivity contribution in [3.05, 3.63) is 162 Å². The van der Waals surface area contributed by atoms with Crippen LogP contribution in [0.1, 0.15) is 79.0 Å². The van der Waals surface area contributed by atoms with Crippen LogP contribution in [0.15, 0.2) is 146 Å². The molecule has 0 fully saturated rings. The van der Waals surface area contributed by atoms with Crippen LogP contribution in [0, 0.1) is 0 Å². The first kappa shape index (κ1) is 35.9. The highest BCUT2D eigenvalue weighted by molar-refractivity contribution is 6.14. The third-order valence-corrected chi connectivity index (χ3v) is 13.3. The van der Waals surface area contributed by atoms with Gasteiger partial charge in [-0.05, 0) is 205 Å². The summed E-state index contributed by atoms with van der Waals surface area (Å²) in [5.41, 5.74) is 18.7. The van der Waals surface area contributed by atoms with E-state index in [0.717, 1.165) is 17.1 Å². The summed E-state index contributed by atoms with van der Waals surface area (Å²) in [4.78, 5) is 2.44. The molecular weight excluding hydrogens is 711 g/mol. The van der Waals surface area contributed by atoms with Crippen LogP contribution in [0.3, 0.4) is 0 Å². The molecule has 9 aromatic rings. The van der Waals surface area contributed by atoms with Crippen molar-refractivity contribution >= 4 is 60.2 Å². The number of benzene rings is 9. The SMILES string of the molecule is CC(C)(C)c1ccc(N(c2ccc3cc4c(cc3c2)-c2cc3cc(C(C)(C)C)ccc3cc2-4)c2ccc3cc4c(cc3c2)-c2cc3cc(C(C)(C)C)ccc3cc2-4)cc1. The van der Waals surface area contributed by atoms with E-state index in [9.17, 15) is 0 Å². The van der Waals surface area contributed by atoms with E-state index in [1.807, 2.05) is 0 Å². The van der Waals surface area contributed by atoms with Crippen molar-refractivity contribution in [2.24, 2.45) is 0 Å². The van der Waals surface area contributed by atoms with Gasteiger partial charge in [0, 0.05) is 17.1 Å². The molecule has 59 heavy (non-hydrogen) atoms. The van der Waals surface area contributed by atoms with Crippen molar-refractivity contribution in [3.8, 4) is 44.5 Å². The molecule has 0 spiro atoms. The average molecular weight is 762 g/mol. The Morgan fingerprint density at radius 2 is 0.492 bits per heavy atom. The predicted molar refractivity (Wildman–Crippen MR) is 256 cm³/mol. The van der Waals surface area contributed by atoms with Crippen LogP contribution in [0.5, 0.6) is 0 Å². The zero-order valence-electron chi connectivity index (χ0n) is 35.8. The maximum absolute atomic E-state index is 2.44. The molecule has 2 aliphatic carbocycles. The van der Waals surface area contributed by atoms with Crippen molar-refractivity contribution in [2.45, 2.75) is 78.6 Å². The molecule has 2 aliphatic rings. The van der Waals surface area contributed by atoms with E-state index in [0.29, 0.717) is 0 Å². The second-order valence-electron chi connectivity index (χ2n) is 20.4. The first-order valence-corrected chi connectivity index (χ1v) is 21.3. The van der Waals surface area contributed by atoms with E-state index >= 15 is 0 Å². The van der Waals surface area contributed by atoms with Crippen molar-refractivity contribution < 1.29 is 0 Å². The van der Waals surface area contributed by atoms with Gasteiger partial charge in [0.25, 0.3) is 0 Å². The normalized spacial score (nSPS) is 13.2. The summed E-state index contributed by atoms with van der Waals surface area (Å²) in [7, 11) is 0. The van der Waals surface area contributed by atoms with Crippen LogP contribution in [0.4, 0.5) is 17.1 Å². The van der Waals surface area contributed by atoms with Gasteiger partial charge in [-0.25, -0.2) is 0 Å². The second-order valence-corrected chi connectivity index (χ2v) is 20.4. The third kappa shape index (κ3) is 5.73. The Morgan fingerprint density at radius 1 is 0.237 bits per heavy atom. The topological polar surface area (TPSA) is 3.24 Å². The molecule has 0 amide bonds. The number of anilines is 3. The molecule has 0 saturated heterocycles. The summed E-state index contributed by atoms with van der Waals surface area (Å²) in [6, 6.07) is 56.4. The standard InChI is InChI=1S/C58H51N/c1-56(2,3)42-16-20-45(21-17-42)59(46-18-12-36-28-50-48-26-34-10-14-43(57(4,5)6)22-38(34)30-52(48)54(50)32-40(36)24-46)47-19-13-37-29-51-49-27-35-11-15-44(58(7,8)9)23-39(35)31-53(49)55(51)33-41(37)25-47/h10-33H,1-9H3. The van der Waals surface area contributed by atoms with Crippen molar-refractivity contribution in [3.63, 3.8) is 0 Å². The Hall–Kier alpha value is -6.18. The molecule has 11 rings (SSSR count). The average Bonchev–Trinajstić information content (AvgIpc) is 3.20. The fraction of sp³-hybridized carbons (Fsp3) is 0.207. The highest BCUT2D eigenvalue weighted by Crippen LogP contribution is 2.53. The molecule has 288 valence electrons. The Labute approximate surface area is 349 Å². The van der Waals surface area contributed by atoms with Crippen LogP contribution in [-0.2, 0) is 16.2 Å². The summed E-state index contributed by atoms with van der Waals surface area (Å²) in [5.74, 6) is 0. The second kappa shape index (κ2) is 12.2. The van der Waals surface area contributed by atoms with Gasteiger partial charge in [0.2, 0.25) is 0 Å². The molecule has 0 unspecified atom stereocenters. The molecule has 1 nitrogen and oxygen atoms in total. The van der Waals surface area contributed by atoms with Crippen LogP contribution in [0.2, 0.25) is 0 Å². The quantitative estimate of drug-likeness (QED) is 0.173. The Bertz CT molecular complexity index is 3050. The molecule has 0 heterocycles. The lowest BCUT2D eigenvalue weighted by molar-refractivity contribution is 0.590. The molecule has 0 radical (unpaired) electrons. The van der Waals surface area contributed by atoms with Gasteiger partial charge in [-0.15, -0.1) is 0 Å². The Kier molecular flexibility index (Phi) is 7.42. The van der Waals surface area contributed by atoms with Crippen LogP contribution in [0.25, 0.3) is 87.6 Å². The van der Waals surface area contributed by atoms with Crippen molar-refractivity contribution in [2.75, 3.05) is 4.90 Å². The van der Waals surface area contributed by atoms with Crippen molar-refractivity contribution in [1.29, 1.82) is 0 Å². The first-order chi connectivity index (χ1) is 28.1. The summed E-state index contributed by atoms with van der Waals surface area (Å²) < 4.78 is 0. The third-order valence-electron chi connectivity index (χ3n) is 13.3. The van der Waals surface area contributed by atoms with E-state index in [2.05, 4.69) is 213 Å². The van der Waals surface area contributed by atoms with Gasteiger partial charge in [-0.2, -0.15) is 0 Å². The molecular formula is C58H51N. The van der Waals surface area contributed by atoms with E-state index in [4.69, 9.17) is 0 Å². The minimum atomic E-state index is 0.0743. The van der Waals surface area contributed by atoms with E-state index in [1.165, 1.54) is 104 Å². The van der Waals surface area contributed by atoms with Crippen LogP contribution >= 0.6 is 0 Å². The van der Waals surface area contributed by atoms with Crippen molar-refractivity contribution in [1.82, 2.24) is 0 Å². The number of fused-ring (bicyclic) bond motifs is 12. The summed E-state index contributed by atoms with van der Waals surface area (Å²) in [6.45, 7) is 20.6. The monoisotopic (exact) mass is 761 g/mol. The predicted octanol–water partition coefficient (Wildman–Crippen LogP) is 17.0. The first-order valence-electron chi connectivity index (χ1n) is 21.3. The Balaban J connectivity index is 1.01. The van der Waals surface area contributed by atoms with Gasteiger partial charge in [0.05, 0.1) is 0 Å². The number of nitrogens with zero attached hydrogens (tertiary/aromatic N) is 1. The lowest BCUT2D eigenvalue weighted by Gasteiger charge is -2.29. The largest absolute Gasteiger partial charge is 0.310 e. The fourth-order valence-corrected chi connectivity index (χ4v) is 9.59. The number of hydrogen-bond acceptors (Lipinski definition) is 1. The molecule has 0 atom stereocenters. The van der Waals surface area contributed by atoms with Gasteiger partial charge in [-0.1, -0.05) is 123 Å². The van der Waals surface area contributed by atoms with Crippen LogP contribution in [-0.4, -0.2) is 0 Å². The fourth-order valence-electron chi connectivity index (χ4n) is 9.59. The summed E-state index contributed by atoms with van der Waals surface area (Å²) >= 11 is 0. The van der Waals surface area contributed by atoms with Crippen LogP contribution < -0.4 is 4.90 Å². The van der Waals surface area contributed by atoms with Gasteiger partial charge >= 0.3 is 0 Å². The minimum absolute atomic E-state index is 0.0743. The van der Waals surface area contributed by atoms with E-state index in [-0.39, 0.29) is 16.2 Å². The van der Waals surface area contributed by atoms with E-state index in [1.54, 1.807) is 0 Å². The van der Waals surface area contributed by atoms with E-state index < -0.39 is 0 Å². The summed E-state index contributed by atoms with van der Waals surface area (Å²) in [6.07, 6.45) is 0. The number of rotatable bonds is 3. The lowest BCUT2D eigenvalue weighted by atomic mass is 9.77. The maximum Gasteiger partial charge on any atom is 0.0468 e. The molecule has 9 aromatic carbocycles. The molecule has 0 N–H and O–H groups in total. The highest BCUT2D eigenvalue weighted by atomic mass is 15.1. The zero-order valence-corrected chi connectivity index (χ0v) is 35.8. The van der Waals surface area contributed by atoms with Gasteiger partial charge in [0.1, 0.15) is 0 Å². The van der Waals surface area contributed by atoms with Gasteiger partial charge in [0.15, 0.2) is 0 Å². The molecule has 0 aromatic heterocycles. The molecule has 1 heteroatoms. The zero-order chi connectivity index (χ0) is 40.7. The molecule has 0 bridgehead atoms. The minimum Gasteiger partial charge on any atom is -0.310 e. The molecule has 0 aliphatic heterocycles. The highest BCUT2D eigenvalue weighted by Gasteiger charge is 2.27. The lowest BCUT2D eigenvalue weighted by Crippen LogP contribution is -2.13. The smallest absolute Gasteiger partial charge is 0.0468 e. The Morgan fingerprint density at radius 3 is 0.814 bits per heavy atom. The number of hydrogen-bond donors (Lipinski definition) is 0. The van der Waals surface area contributed by atoms with Gasteiger partial charge in [-0.3, -0.25) is 0 Å².